The summed E-state index contributed by atoms with van der Waals surface area (Å²) in [6, 6.07) is 32.2. The smallest absolute Gasteiger partial charge is 0.307 e. The SMILES string of the molecule is NNC(=O)Nc1ccccc1.O=c1c(-c2cccs2)c(-c2ccccc2)[nH]n1-c1ccccc1. The summed E-state index contributed by atoms with van der Waals surface area (Å²) in [7, 11) is 0. The number of carbonyl (C=O) groups is 1. The van der Waals surface area contributed by atoms with Gasteiger partial charge in [-0.15, -0.1) is 11.3 Å². The molecule has 0 aliphatic heterocycles. The number of nitrogens with one attached hydrogen (secondary N) is 3. The summed E-state index contributed by atoms with van der Waals surface area (Å²) in [5.74, 6) is 4.86. The predicted octanol–water partition coefficient (Wildman–Crippen LogP) is 5.24. The van der Waals surface area contributed by atoms with Crippen LogP contribution in [0.1, 0.15) is 0 Å². The number of benzene rings is 3. The number of para-hydroxylation sites is 2. The highest BCUT2D eigenvalue weighted by Gasteiger charge is 2.18. The maximum Gasteiger partial charge on any atom is 0.333 e. The molecule has 0 aliphatic rings. The fraction of sp³-hybridized carbons (Fsp3) is 0. The number of nitrogens with zero attached hydrogens (tertiary/aromatic N) is 1. The second kappa shape index (κ2) is 11.0. The van der Waals surface area contributed by atoms with Gasteiger partial charge in [0.2, 0.25) is 0 Å². The Bertz CT molecular complexity index is 1380. The number of rotatable bonds is 4. The summed E-state index contributed by atoms with van der Waals surface area (Å²) < 4.78 is 1.61. The molecule has 2 aromatic heterocycles. The molecular formula is C26H23N5O2S. The van der Waals surface area contributed by atoms with Crippen molar-refractivity contribution in [3.63, 3.8) is 0 Å². The number of amides is 2. The van der Waals surface area contributed by atoms with Crippen molar-refractivity contribution in [3.8, 4) is 27.4 Å². The highest BCUT2D eigenvalue weighted by Crippen LogP contribution is 2.31. The Morgan fingerprint density at radius 3 is 2.03 bits per heavy atom. The lowest BCUT2D eigenvalue weighted by Gasteiger charge is -2.02. The Balaban J connectivity index is 0.000000210. The zero-order chi connectivity index (χ0) is 23.8. The molecule has 170 valence electrons. The van der Waals surface area contributed by atoms with E-state index in [1.165, 1.54) is 0 Å². The molecule has 8 heteroatoms. The first-order chi connectivity index (χ1) is 16.7. The molecule has 5 rings (SSSR count). The van der Waals surface area contributed by atoms with Crippen LogP contribution < -0.4 is 22.1 Å². The van der Waals surface area contributed by atoms with Crippen molar-refractivity contribution in [1.82, 2.24) is 15.2 Å². The monoisotopic (exact) mass is 469 g/mol. The van der Waals surface area contributed by atoms with Crippen molar-refractivity contribution in [1.29, 1.82) is 0 Å². The molecule has 0 radical (unpaired) electrons. The topological polar surface area (TPSA) is 105 Å². The fourth-order valence-corrected chi connectivity index (χ4v) is 4.12. The maximum atomic E-state index is 13.0. The zero-order valence-electron chi connectivity index (χ0n) is 18.1. The van der Waals surface area contributed by atoms with Gasteiger partial charge in [0.05, 0.1) is 16.9 Å². The third-order valence-electron chi connectivity index (χ3n) is 4.90. The lowest BCUT2D eigenvalue weighted by atomic mass is 10.1. The van der Waals surface area contributed by atoms with E-state index in [0.29, 0.717) is 0 Å². The molecular weight excluding hydrogens is 446 g/mol. The molecule has 34 heavy (non-hydrogen) atoms. The minimum Gasteiger partial charge on any atom is -0.307 e. The van der Waals surface area contributed by atoms with Crippen molar-refractivity contribution in [2.45, 2.75) is 0 Å². The number of anilines is 1. The summed E-state index contributed by atoms with van der Waals surface area (Å²) in [4.78, 5) is 24.6. The van der Waals surface area contributed by atoms with E-state index in [2.05, 4.69) is 10.4 Å². The minimum absolute atomic E-state index is 0.0301. The highest BCUT2D eigenvalue weighted by atomic mass is 32.1. The van der Waals surface area contributed by atoms with E-state index in [1.807, 2.05) is 102 Å². The van der Waals surface area contributed by atoms with Crippen LogP contribution in [0.15, 0.2) is 113 Å². The standard InChI is InChI=1S/C19H14N2OS.C7H9N3O/c22-19-17(16-12-7-13-23-16)18(14-8-3-1-4-9-14)20-21(19)15-10-5-2-6-11-15;8-10-7(11)9-6-4-2-1-3-5-6/h1-13,20H;1-5H,8H2,(H2,9,10,11). The van der Waals surface area contributed by atoms with Crippen LogP contribution in [-0.2, 0) is 0 Å². The van der Waals surface area contributed by atoms with Gasteiger partial charge in [-0.25, -0.2) is 15.3 Å². The van der Waals surface area contributed by atoms with Crippen molar-refractivity contribution in [2.75, 3.05) is 5.32 Å². The quantitative estimate of drug-likeness (QED) is 0.164. The number of urea groups is 1. The Morgan fingerprint density at radius 1 is 0.824 bits per heavy atom. The lowest BCUT2D eigenvalue weighted by Crippen LogP contribution is -2.34. The molecule has 3 aromatic carbocycles. The minimum atomic E-state index is -0.420. The van der Waals surface area contributed by atoms with Crippen LogP contribution in [0.3, 0.4) is 0 Å². The van der Waals surface area contributed by atoms with E-state index in [9.17, 15) is 9.59 Å². The first kappa shape index (κ1) is 22.8. The van der Waals surface area contributed by atoms with Crippen molar-refractivity contribution in [3.05, 3.63) is 119 Å². The molecule has 0 saturated carbocycles. The third-order valence-corrected chi connectivity index (χ3v) is 5.79. The van der Waals surface area contributed by atoms with Crippen molar-refractivity contribution in [2.24, 2.45) is 5.84 Å². The molecule has 0 aliphatic carbocycles. The van der Waals surface area contributed by atoms with Crippen LogP contribution in [0, 0.1) is 0 Å². The average Bonchev–Trinajstić information content (AvgIpc) is 3.54. The van der Waals surface area contributed by atoms with Gasteiger partial charge in [0.25, 0.3) is 5.56 Å². The Morgan fingerprint density at radius 2 is 1.44 bits per heavy atom. The fourth-order valence-electron chi connectivity index (χ4n) is 3.35. The number of hydrogen-bond donors (Lipinski definition) is 4. The van der Waals surface area contributed by atoms with Crippen LogP contribution in [0.4, 0.5) is 10.5 Å². The molecule has 7 nitrogen and oxygen atoms in total. The van der Waals surface area contributed by atoms with Gasteiger partial charge in [0.1, 0.15) is 0 Å². The first-order valence-corrected chi connectivity index (χ1v) is 11.4. The van der Waals surface area contributed by atoms with E-state index in [4.69, 9.17) is 5.84 Å². The number of hydrazine groups is 1. The van der Waals surface area contributed by atoms with Crippen LogP contribution in [0.5, 0.6) is 0 Å². The summed E-state index contributed by atoms with van der Waals surface area (Å²) in [5, 5.41) is 7.79. The van der Waals surface area contributed by atoms with Gasteiger partial charge in [-0.3, -0.25) is 15.3 Å². The molecule has 5 aromatic rings. The number of aromatic nitrogens is 2. The number of thiophene rings is 1. The van der Waals surface area contributed by atoms with E-state index >= 15 is 0 Å². The number of aromatic amines is 1. The Kier molecular flexibility index (Phi) is 7.34. The largest absolute Gasteiger partial charge is 0.333 e. The summed E-state index contributed by atoms with van der Waals surface area (Å²) in [5.41, 5.74) is 6.05. The van der Waals surface area contributed by atoms with Gasteiger partial charge in [0.15, 0.2) is 0 Å². The van der Waals surface area contributed by atoms with Crippen LogP contribution in [0.25, 0.3) is 27.4 Å². The number of hydrogen-bond acceptors (Lipinski definition) is 4. The average molecular weight is 470 g/mol. The predicted molar refractivity (Wildman–Crippen MR) is 138 cm³/mol. The van der Waals surface area contributed by atoms with Gasteiger partial charge in [-0.1, -0.05) is 72.8 Å². The summed E-state index contributed by atoms with van der Waals surface area (Å²) in [6.45, 7) is 0. The van der Waals surface area contributed by atoms with E-state index in [-0.39, 0.29) is 5.56 Å². The normalized spacial score (nSPS) is 10.1. The van der Waals surface area contributed by atoms with Crippen LogP contribution >= 0.6 is 11.3 Å². The van der Waals surface area contributed by atoms with Gasteiger partial charge in [-0.2, -0.15) is 0 Å². The zero-order valence-corrected chi connectivity index (χ0v) is 19.0. The molecule has 0 saturated heterocycles. The summed E-state index contributed by atoms with van der Waals surface area (Å²) >= 11 is 1.57. The van der Waals surface area contributed by atoms with Gasteiger partial charge >= 0.3 is 6.03 Å². The molecule has 0 fully saturated rings. The van der Waals surface area contributed by atoms with Crippen molar-refractivity contribution >= 4 is 23.1 Å². The second-order valence-electron chi connectivity index (χ2n) is 7.15. The van der Waals surface area contributed by atoms with E-state index in [0.717, 1.165) is 33.1 Å². The molecule has 0 atom stereocenters. The third kappa shape index (κ3) is 5.32. The highest BCUT2D eigenvalue weighted by molar-refractivity contribution is 7.13. The molecule has 5 N–H and O–H groups in total. The van der Waals surface area contributed by atoms with Gasteiger partial charge < -0.3 is 5.32 Å². The van der Waals surface area contributed by atoms with Gasteiger partial charge in [-0.05, 0) is 35.7 Å². The number of nitrogens with two attached hydrogens (primary N) is 1. The summed E-state index contributed by atoms with van der Waals surface area (Å²) in [6.07, 6.45) is 0. The molecule has 2 heterocycles. The Hall–Kier alpha value is -4.40. The van der Waals surface area contributed by atoms with Crippen molar-refractivity contribution < 1.29 is 4.79 Å². The molecule has 0 unspecified atom stereocenters. The second-order valence-corrected chi connectivity index (χ2v) is 8.09. The lowest BCUT2D eigenvalue weighted by molar-refractivity contribution is 0.252. The Labute approximate surface area is 200 Å². The number of H-pyrrole nitrogens is 1. The number of carbonyl (C=O) groups excluding carboxylic acids is 1. The van der Waals surface area contributed by atoms with Gasteiger partial charge in [0, 0.05) is 16.1 Å². The van der Waals surface area contributed by atoms with Crippen LogP contribution in [0.2, 0.25) is 0 Å². The van der Waals surface area contributed by atoms with E-state index < -0.39 is 6.03 Å². The molecule has 0 bridgehead atoms. The first-order valence-electron chi connectivity index (χ1n) is 10.5. The maximum absolute atomic E-state index is 13.0. The molecule has 2 amide bonds. The van der Waals surface area contributed by atoms with Crippen LogP contribution in [-0.4, -0.2) is 15.8 Å². The molecule has 0 spiro atoms. The van der Waals surface area contributed by atoms with E-state index in [1.54, 1.807) is 28.2 Å².